The molecule has 3 rings (SSSR count). The topological polar surface area (TPSA) is 42.2 Å². The number of hydrogen-bond acceptors (Lipinski definition) is 2. The van der Waals surface area contributed by atoms with Crippen LogP contribution in [0.15, 0.2) is 71.1 Å². The van der Waals surface area contributed by atoms with E-state index in [0.717, 1.165) is 16.8 Å². The van der Waals surface area contributed by atoms with Crippen LogP contribution in [0.2, 0.25) is 5.22 Å². The molecule has 0 saturated heterocycles. The molecule has 1 N–H and O–H groups in total. The van der Waals surface area contributed by atoms with Crippen LogP contribution in [0.25, 0.3) is 11.1 Å². The predicted molar refractivity (Wildman–Crippen MR) is 83.5 cm³/mol. The standard InChI is InChI=1S/C17H12ClNO2/c18-16-11-10-15(21-16)17(20)19-14-9-5-4-8-13(14)12-6-2-1-3-7-12/h1-11H,(H,19,20). The van der Waals surface area contributed by atoms with E-state index in [2.05, 4.69) is 5.32 Å². The molecular weight excluding hydrogens is 286 g/mol. The lowest BCUT2D eigenvalue weighted by atomic mass is 10.0. The second-order valence-electron chi connectivity index (χ2n) is 4.47. The molecule has 2 aromatic carbocycles. The van der Waals surface area contributed by atoms with E-state index in [1.54, 1.807) is 12.1 Å². The number of carbonyl (C=O) groups is 1. The lowest BCUT2D eigenvalue weighted by Gasteiger charge is -2.10. The Morgan fingerprint density at radius 2 is 1.62 bits per heavy atom. The average Bonchev–Trinajstić information content (AvgIpc) is 2.95. The summed E-state index contributed by atoms with van der Waals surface area (Å²) in [4.78, 5) is 12.1. The maximum absolute atomic E-state index is 12.1. The number of furan rings is 1. The van der Waals surface area contributed by atoms with Crippen LogP contribution >= 0.6 is 11.6 Å². The molecule has 0 aliphatic heterocycles. The zero-order valence-electron chi connectivity index (χ0n) is 11.0. The molecule has 0 bridgehead atoms. The van der Waals surface area contributed by atoms with Gasteiger partial charge < -0.3 is 9.73 Å². The highest BCUT2D eigenvalue weighted by Crippen LogP contribution is 2.28. The average molecular weight is 298 g/mol. The molecule has 0 unspecified atom stereocenters. The molecule has 0 spiro atoms. The quantitative estimate of drug-likeness (QED) is 0.750. The van der Waals surface area contributed by atoms with Gasteiger partial charge in [0.25, 0.3) is 5.91 Å². The molecule has 0 aliphatic rings. The van der Waals surface area contributed by atoms with E-state index in [1.807, 2.05) is 54.6 Å². The maximum atomic E-state index is 12.1. The third-order valence-corrected chi connectivity index (χ3v) is 3.26. The Labute approximate surface area is 127 Å². The molecule has 0 saturated carbocycles. The SMILES string of the molecule is O=C(Nc1ccccc1-c1ccccc1)c1ccc(Cl)o1. The van der Waals surface area contributed by atoms with Crippen molar-refractivity contribution in [1.82, 2.24) is 0 Å². The highest BCUT2D eigenvalue weighted by molar-refractivity contribution is 6.29. The summed E-state index contributed by atoms with van der Waals surface area (Å²) < 4.78 is 5.12. The van der Waals surface area contributed by atoms with Gasteiger partial charge in [0.1, 0.15) is 0 Å². The Balaban J connectivity index is 1.91. The van der Waals surface area contributed by atoms with E-state index >= 15 is 0 Å². The van der Waals surface area contributed by atoms with Gasteiger partial charge in [-0.25, -0.2) is 0 Å². The summed E-state index contributed by atoms with van der Waals surface area (Å²) in [6.45, 7) is 0. The molecule has 1 heterocycles. The summed E-state index contributed by atoms with van der Waals surface area (Å²) in [5.74, 6) is -0.145. The fourth-order valence-corrected chi connectivity index (χ4v) is 2.23. The maximum Gasteiger partial charge on any atom is 0.291 e. The molecule has 3 aromatic rings. The molecule has 104 valence electrons. The van der Waals surface area contributed by atoms with Gasteiger partial charge in [0.15, 0.2) is 11.0 Å². The van der Waals surface area contributed by atoms with Crippen LogP contribution in [-0.4, -0.2) is 5.91 Å². The monoisotopic (exact) mass is 297 g/mol. The van der Waals surface area contributed by atoms with Crippen LogP contribution in [0.1, 0.15) is 10.6 Å². The fourth-order valence-electron chi connectivity index (χ4n) is 2.08. The number of anilines is 1. The number of para-hydroxylation sites is 1. The molecule has 0 atom stereocenters. The first kappa shape index (κ1) is 13.5. The summed E-state index contributed by atoms with van der Waals surface area (Å²) in [5, 5.41) is 3.04. The molecular formula is C17H12ClNO2. The molecule has 0 aliphatic carbocycles. The highest BCUT2D eigenvalue weighted by atomic mass is 35.5. The Hall–Kier alpha value is -2.52. The molecule has 1 aromatic heterocycles. The molecule has 0 fully saturated rings. The summed E-state index contributed by atoms with van der Waals surface area (Å²) in [6.07, 6.45) is 0. The number of hydrogen-bond donors (Lipinski definition) is 1. The summed E-state index contributed by atoms with van der Waals surface area (Å²) in [7, 11) is 0. The van der Waals surface area contributed by atoms with Gasteiger partial charge in [0, 0.05) is 11.3 Å². The number of halogens is 1. The van der Waals surface area contributed by atoms with Crippen LogP contribution in [0.4, 0.5) is 5.69 Å². The largest absolute Gasteiger partial charge is 0.440 e. The molecule has 0 radical (unpaired) electrons. The van der Waals surface area contributed by atoms with Gasteiger partial charge in [-0.05, 0) is 35.4 Å². The van der Waals surface area contributed by atoms with Crippen LogP contribution in [-0.2, 0) is 0 Å². The van der Waals surface area contributed by atoms with Crippen molar-refractivity contribution in [3.8, 4) is 11.1 Å². The van der Waals surface area contributed by atoms with Crippen LogP contribution in [0.5, 0.6) is 0 Å². The zero-order chi connectivity index (χ0) is 14.7. The van der Waals surface area contributed by atoms with Crippen LogP contribution in [0.3, 0.4) is 0 Å². The van der Waals surface area contributed by atoms with E-state index < -0.39 is 0 Å². The minimum atomic E-state index is -0.328. The van der Waals surface area contributed by atoms with Crippen molar-refractivity contribution in [2.24, 2.45) is 0 Å². The fraction of sp³-hybridized carbons (Fsp3) is 0. The van der Waals surface area contributed by atoms with Crippen molar-refractivity contribution < 1.29 is 9.21 Å². The van der Waals surface area contributed by atoms with Crippen LogP contribution in [0, 0.1) is 0 Å². The normalized spacial score (nSPS) is 10.3. The van der Waals surface area contributed by atoms with E-state index in [9.17, 15) is 4.79 Å². The lowest BCUT2D eigenvalue weighted by Crippen LogP contribution is -2.11. The minimum absolute atomic E-state index is 0.183. The minimum Gasteiger partial charge on any atom is -0.440 e. The molecule has 3 nitrogen and oxygen atoms in total. The predicted octanol–water partition coefficient (Wildman–Crippen LogP) is 4.85. The second-order valence-corrected chi connectivity index (χ2v) is 4.84. The summed E-state index contributed by atoms with van der Waals surface area (Å²) in [6, 6.07) is 20.6. The van der Waals surface area contributed by atoms with Crippen molar-refractivity contribution in [3.05, 3.63) is 77.7 Å². The Bertz CT molecular complexity index is 765. The van der Waals surface area contributed by atoms with Gasteiger partial charge in [0.05, 0.1) is 0 Å². The van der Waals surface area contributed by atoms with Crippen LogP contribution < -0.4 is 5.32 Å². The summed E-state index contributed by atoms with van der Waals surface area (Å²) >= 11 is 5.69. The number of rotatable bonds is 3. The van der Waals surface area contributed by atoms with Crippen molar-refractivity contribution in [3.63, 3.8) is 0 Å². The molecule has 1 amide bonds. The lowest BCUT2D eigenvalue weighted by molar-refractivity contribution is 0.0997. The van der Waals surface area contributed by atoms with Gasteiger partial charge in [0.2, 0.25) is 0 Å². The Morgan fingerprint density at radius 1 is 0.905 bits per heavy atom. The highest BCUT2D eigenvalue weighted by Gasteiger charge is 2.13. The number of carbonyl (C=O) groups excluding carboxylic acids is 1. The number of benzene rings is 2. The van der Waals surface area contributed by atoms with E-state index in [4.69, 9.17) is 16.0 Å². The van der Waals surface area contributed by atoms with Crippen molar-refractivity contribution >= 4 is 23.2 Å². The number of amides is 1. The Kier molecular flexibility index (Phi) is 3.75. The van der Waals surface area contributed by atoms with Crippen molar-refractivity contribution in [2.45, 2.75) is 0 Å². The van der Waals surface area contributed by atoms with Gasteiger partial charge >= 0.3 is 0 Å². The first-order valence-corrected chi connectivity index (χ1v) is 6.83. The van der Waals surface area contributed by atoms with Crippen molar-refractivity contribution in [1.29, 1.82) is 0 Å². The third kappa shape index (κ3) is 2.98. The number of nitrogens with one attached hydrogen (secondary N) is 1. The van der Waals surface area contributed by atoms with E-state index in [1.165, 1.54) is 0 Å². The smallest absolute Gasteiger partial charge is 0.291 e. The van der Waals surface area contributed by atoms with Gasteiger partial charge in [-0.3, -0.25) is 4.79 Å². The van der Waals surface area contributed by atoms with Gasteiger partial charge in [-0.2, -0.15) is 0 Å². The first-order valence-electron chi connectivity index (χ1n) is 6.45. The van der Waals surface area contributed by atoms with E-state index in [0.29, 0.717) is 0 Å². The van der Waals surface area contributed by atoms with Crippen molar-refractivity contribution in [2.75, 3.05) is 5.32 Å². The summed E-state index contributed by atoms with van der Waals surface area (Å²) in [5.41, 5.74) is 2.70. The second kappa shape index (κ2) is 5.85. The third-order valence-electron chi connectivity index (χ3n) is 3.06. The Morgan fingerprint density at radius 3 is 2.33 bits per heavy atom. The zero-order valence-corrected chi connectivity index (χ0v) is 11.8. The first-order chi connectivity index (χ1) is 10.2. The van der Waals surface area contributed by atoms with Gasteiger partial charge in [-0.15, -0.1) is 0 Å². The van der Waals surface area contributed by atoms with Gasteiger partial charge in [-0.1, -0.05) is 48.5 Å². The molecule has 4 heteroatoms. The van der Waals surface area contributed by atoms with E-state index in [-0.39, 0.29) is 16.9 Å². The molecule has 21 heavy (non-hydrogen) atoms.